The van der Waals surface area contributed by atoms with Gasteiger partial charge >= 0.3 is 25.8 Å². The third-order valence-corrected chi connectivity index (χ3v) is 1.44. The van der Waals surface area contributed by atoms with Gasteiger partial charge in [-0.1, -0.05) is 26.7 Å². The van der Waals surface area contributed by atoms with Crippen molar-refractivity contribution in [3.05, 3.63) is 56.9 Å². The van der Waals surface area contributed by atoms with Crippen LogP contribution in [0.4, 0.5) is 0 Å². The Labute approximate surface area is 137 Å². The molecular weight excluding hydrogens is 399 g/mol. The molecular formula is C16H22HfN2. The fourth-order valence-electron chi connectivity index (χ4n) is 0.744. The van der Waals surface area contributed by atoms with E-state index >= 15 is 0 Å². The summed E-state index contributed by atoms with van der Waals surface area (Å²) in [7, 11) is 7.00. The quantitative estimate of drug-likeness (QED) is 0.320. The van der Waals surface area contributed by atoms with Gasteiger partial charge in [-0.25, -0.2) is 12.2 Å². The summed E-state index contributed by atoms with van der Waals surface area (Å²) in [6, 6.07) is 0. The van der Waals surface area contributed by atoms with E-state index in [9.17, 15) is 0 Å². The van der Waals surface area contributed by atoms with E-state index < -0.39 is 0 Å². The van der Waals surface area contributed by atoms with Crippen molar-refractivity contribution in [1.82, 2.24) is 0 Å². The summed E-state index contributed by atoms with van der Waals surface area (Å²) in [5.74, 6) is 0. The zero-order chi connectivity index (χ0) is 14.2. The minimum absolute atomic E-state index is 0. The first-order chi connectivity index (χ1) is 8.62. The molecule has 0 fully saturated rings. The van der Waals surface area contributed by atoms with Crippen molar-refractivity contribution in [2.45, 2.75) is 26.7 Å². The Morgan fingerprint density at radius 2 is 1.05 bits per heavy atom. The summed E-state index contributed by atoms with van der Waals surface area (Å²) in [5.41, 5.74) is 13.7. The number of rotatable bonds is 0. The van der Waals surface area contributed by atoms with E-state index in [1.165, 1.54) is 11.1 Å². The number of allylic oxidation sites excluding steroid dienone is 4. The molecule has 2 rings (SSSR count). The fourth-order valence-corrected chi connectivity index (χ4v) is 0.744. The van der Waals surface area contributed by atoms with Gasteiger partial charge in [0.05, 0.1) is 0 Å². The maximum atomic E-state index is 3.50. The van der Waals surface area contributed by atoms with E-state index in [1.807, 2.05) is 13.8 Å². The van der Waals surface area contributed by atoms with Crippen molar-refractivity contribution in [2.75, 3.05) is 28.2 Å². The van der Waals surface area contributed by atoms with Crippen LogP contribution in [-0.2, 0) is 25.8 Å². The molecule has 0 unspecified atom stereocenters. The van der Waals surface area contributed by atoms with Crippen molar-refractivity contribution in [3.63, 3.8) is 0 Å². The number of nitrogens with zero attached hydrogens (tertiary/aromatic N) is 2. The summed E-state index contributed by atoms with van der Waals surface area (Å²) in [4.78, 5) is 0. The van der Waals surface area contributed by atoms with Crippen molar-refractivity contribution in [3.8, 4) is 0 Å². The first-order valence-electron chi connectivity index (χ1n) is 5.70. The van der Waals surface area contributed by atoms with Gasteiger partial charge in [0.2, 0.25) is 0 Å². The SMILES string of the molecule is CC1=C=C=[C-]C1.CC1=C=C=[C-]C1.C[N-]C.C[N-]C.[Hf+4]. The van der Waals surface area contributed by atoms with Crippen LogP contribution in [0.1, 0.15) is 26.7 Å². The molecule has 0 radical (unpaired) electrons. The summed E-state index contributed by atoms with van der Waals surface area (Å²) in [6.07, 6.45) is 7.61. The standard InChI is InChI=1S/2C6H5.2C2H6N.Hf/c2*1-6-4-2-3-5-6;2*1-3-2;/h2*4H2,1H3;2*1-2H3;/q4*-1;+4. The first-order valence-corrected chi connectivity index (χ1v) is 5.70. The normalized spacial score (nSPS) is 11.9. The molecule has 2 aliphatic rings. The molecule has 0 saturated carbocycles. The monoisotopic (exact) mass is 422 g/mol. The molecule has 19 heavy (non-hydrogen) atoms. The Morgan fingerprint density at radius 3 is 1.11 bits per heavy atom. The molecule has 0 aromatic carbocycles. The Hall–Kier alpha value is -0.610. The van der Waals surface area contributed by atoms with Crippen LogP contribution < -0.4 is 0 Å². The van der Waals surface area contributed by atoms with Gasteiger partial charge in [-0.2, -0.15) is 28.2 Å². The molecule has 100 valence electrons. The molecule has 3 heteroatoms. The van der Waals surface area contributed by atoms with Crippen molar-refractivity contribution in [2.24, 2.45) is 0 Å². The van der Waals surface area contributed by atoms with E-state index in [4.69, 9.17) is 0 Å². The van der Waals surface area contributed by atoms with E-state index in [-0.39, 0.29) is 25.8 Å². The second-order valence-corrected chi connectivity index (χ2v) is 3.66. The zero-order valence-corrected chi connectivity index (χ0v) is 16.4. The van der Waals surface area contributed by atoms with Crippen LogP contribution in [-0.4, -0.2) is 28.2 Å². The van der Waals surface area contributed by atoms with E-state index in [0.717, 1.165) is 12.8 Å². The molecule has 2 aliphatic carbocycles. The number of hydrogen-bond acceptors (Lipinski definition) is 0. The largest absolute Gasteiger partial charge is 4.00 e. The van der Waals surface area contributed by atoms with Crippen molar-refractivity contribution in [1.29, 1.82) is 0 Å². The molecule has 0 heterocycles. The van der Waals surface area contributed by atoms with Crippen molar-refractivity contribution < 1.29 is 25.8 Å². The fraction of sp³-hybridized carbons (Fsp3) is 0.500. The predicted molar refractivity (Wildman–Crippen MR) is 78.6 cm³/mol. The van der Waals surface area contributed by atoms with Crippen LogP contribution in [0.3, 0.4) is 0 Å². The average Bonchev–Trinajstić information content (AvgIpc) is 2.95. The maximum absolute atomic E-state index is 3.50. The van der Waals surface area contributed by atoms with Crippen LogP contribution in [0.5, 0.6) is 0 Å². The van der Waals surface area contributed by atoms with Gasteiger partial charge < -0.3 is 33.6 Å². The van der Waals surface area contributed by atoms with Crippen LogP contribution in [0.25, 0.3) is 10.6 Å². The third-order valence-electron chi connectivity index (χ3n) is 1.44. The van der Waals surface area contributed by atoms with Crippen molar-refractivity contribution >= 4 is 0 Å². The molecule has 0 spiro atoms. The van der Waals surface area contributed by atoms with Gasteiger partial charge in [-0.05, 0) is 0 Å². The van der Waals surface area contributed by atoms with Crippen LogP contribution in [0.2, 0.25) is 0 Å². The molecule has 0 atom stereocenters. The van der Waals surface area contributed by atoms with Gasteiger partial charge in [0.1, 0.15) is 0 Å². The summed E-state index contributed by atoms with van der Waals surface area (Å²) >= 11 is 0. The Morgan fingerprint density at radius 1 is 0.789 bits per heavy atom. The van der Waals surface area contributed by atoms with Gasteiger partial charge in [0, 0.05) is 0 Å². The second kappa shape index (κ2) is 19.7. The summed E-state index contributed by atoms with van der Waals surface area (Å²) in [6.45, 7) is 4.04. The first kappa shape index (κ1) is 23.5. The minimum Gasteiger partial charge on any atom is -0.668 e. The predicted octanol–water partition coefficient (Wildman–Crippen LogP) is 4.14. The molecule has 0 saturated heterocycles. The van der Waals surface area contributed by atoms with Crippen LogP contribution in [0.15, 0.2) is 34.1 Å². The Kier molecular flexibility index (Phi) is 24.4. The van der Waals surface area contributed by atoms with E-state index in [1.54, 1.807) is 28.2 Å². The second-order valence-electron chi connectivity index (χ2n) is 3.66. The molecule has 0 bridgehead atoms. The van der Waals surface area contributed by atoms with Crippen LogP contribution in [0, 0.1) is 12.2 Å². The molecule has 0 amide bonds. The average molecular weight is 421 g/mol. The van der Waals surface area contributed by atoms with Gasteiger partial charge in [0.15, 0.2) is 0 Å². The Bertz CT molecular complexity index is 356. The summed E-state index contributed by atoms with van der Waals surface area (Å²) in [5, 5.41) is 7.00. The smallest absolute Gasteiger partial charge is 0.668 e. The summed E-state index contributed by atoms with van der Waals surface area (Å²) < 4.78 is 0. The van der Waals surface area contributed by atoms with Gasteiger partial charge in [-0.15, -0.1) is 11.1 Å². The van der Waals surface area contributed by atoms with Gasteiger partial charge in [-0.3, -0.25) is 0 Å². The molecule has 0 aliphatic heterocycles. The number of hydrogen-bond donors (Lipinski definition) is 0. The van der Waals surface area contributed by atoms with E-state index in [2.05, 4.69) is 45.7 Å². The topological polar surface area (TPSA) is 28.2 Å². The maximum Gasteiger partial charge on any atom is 4.00 e. The molecule has 0 aromatic heterocycles. The van der Waals surface area contributed by atoms with Gasteiger partial charge in [0.25, 0.3) is 0 Å². The molecule has 2 nitrogen and oxygen atoms in total. The molecule has 0 aromatic rings. The molecule has 0 N–H and O–H groups in total. The minimum atomic E-state index is 0. The zero-order valence-electron chi connectivity index (χ0n) is 12.8. The van der Waals surface area contributed by atoms with E-state index in [0.29, 0.717) is 0 Å². The third kappa shape index (κ3) is 23.0. The Balaban J connectivity index is -0.000000188. The van der Waals surface area contributed by atoms with Crippen LogP contribution >= 0.6 is 0 Å².